The first-order valence-electron chi connectivity index (χ1n) is 9.41. The largest absolute Gasteiger partial charge is 0.393 e. The molecule has 3 heterocycles. The summed E-state index contributed by atoms with van der Waals surface area (Å²) in [5.41, 5.74) is 2.86. The van der Waals surface area contributed by atoms with E-state index in [2.05, 4.69) is 39.2 Å². The van der Waals surface area contributed by atoms with E-state index in [1.54, 1.807) is 10.7 Å². The van der Waals surface area contributed by atoms with Gasteiger partial charge in [0.15, 0.2) is 5.65 Å². The molecule has 1 N–H and O–H groups in total. The first-order chi connectivity index (χ1) is 13.3. The number of aliphatic hydroxyl groups is 1. The normalized spacial score (nSPS) is 20.2. The molecule has 5 rings (SSSR count). The van der Waals surface area contributed by atoms with Crippen LogP contribution in [0.2, 0.25) is 0 Å². The summed E-state index contributed by atoms with van der Waals surface area (Å²) in [6.07, 6.45) is 8.82. The number of pyridine rings is 1. The first-order valence-corrected chi connectivity index (χ1v) is 9.41. The van der Waals surface area contributed by atoms with Crippen molar-refractivity contribution in [2.75, 3.05) is 4.90 Å². The molecule has 0 saturated heterocycles. The number of nitrogens with zero attached hydrogens (tertiary/aromatic N) is 5. The van der Waals surface area contributed by atoms with Crippen molar-refractivity contribution in [2.45, 2.75) is 37.8 Å². The third kappa shape index (κ3) is 2.92. The molecule has 0 amide bonds. The Morgan fingerprint density at radius 2 is 1.81 bits per heavy atom. The van der Waals surface area contributed by atoms with E-state index in [4.69, 9.17) is 4.98 Å². The molecule has 1 aromatic carbocycles. The Kier molecular flexibility index (Phi) is 3.98. The number of para-hydroxylation sites is 1. The molecule has 0 atom stereocenters. The Labute approximate surface area is 157 Å². The first kappa shape index (κ1) is 16.2. The number of benzene rings is 1. The van der Waals surface area contributed by atoms with Crippen LogP contribution in [-0.4, -0.2) is 36.8 Å². The second-order valence-electron chi connectivity index (χ2n) is 7.10. The highest BCUT2D eigenvalue weighted by Crippen LogP contribution is 2.36. The van der Waals surface area contributed by atoms with E-state index in [1.807, 2.05) is 30.6 Å². The van der Waals surface area contributed by atoms with Gasteiger partial charge in [-0.05, 0) is 43.9 Å². The van der Waals surface area contributed by atoms with Crippen molar-refractivity contribution in [3.63, 3.8) is 0 Å². The minimum absolute atomic E-state index is 0.195. The molecule has 1 aliphatic rings. The van der Waals surface area contributed by atoms with Crippen LogP contribution in [0.1, 0.15) is 25.7 Å². The Balaban J connectivity index is 1.67. The van der Waals surface area contributed by atoms with Crippen LogP contribution in [0, 0.1) is 0 Å². The molecule has 27 heavy (non-hydrogen) atoms. The van der Waals surface area contributed by atoms with Crippen molar-refractivity contribution < 1.29 is 5.11 Å². The van der Waals surface area contributed by atoms with Gasteiger partial charge in [0.25, 0.3) is 0 Å². The van der Waals surface area contributed by atoms with Gasteiger partial charge in [-0.2, -0.15) is 5.10 Å². The van der Waals surface area contributed by atoms with Gasteiger partial charge in [0.2, 0.25) is 0 Å². The quantitative estimate of drug-likeness (QED) is 0.604. The van der Waals surface area contributed by atoms with Crippen LogP contribution in [0.15, 0.2) is 61.1 Å². The SMILES string of the molecule is OC1CCC(N(c2ccn3nccc3n2)c2cccc3cccnc23)CC1. The highest BCUT2D eigenvalue weighted by Gasteiger charge is 2.28. The molecule has 6 nitrogen and oxygen atoms in total. The predicted octanol–water partition coefficient (Wildman–Crippen LogP) is 3.72. The van der Waals surface area contributed by atoms with Crippen molar-refractivity contribution in [3.8, 4) is 0 Å². The fourth-order valence-corrected chi connectivity index (χ4v) is 4.04. The summed E-state index contributed by atoms with van der Waals surface area (Å²) < 4.78 is 1.77. The number of fused-ring (bicyclic) bond motifs is 2. The molecule has 1 fully saturated rings. The van der Waals surface area contributed by atoms with Crippen LogP contribution in [0.25, 0.3) is 16.6 Å². The lowest BCUT2D eigenvalue weighted by Gasteiger charge is -2.37. The third-order valence-electron chi connectivity index (χ3n) is 5.39. The average molecular weight is 359 g/mol. The Morgan fingerprint density at radius 3 is 2.70 bits per heavy atom. The molecule has 0 unspecified atom stereocenters. The van der Waals surface area contributed by atoms with Gasteiger partial charge < -0.3 is 10.0 Å². The zero-order valence-electron chi connectivity index (χ0n) is 14.9. The Morgan fingerprint density at radius 1 is 0.963 bits per heavy atom. The van der Waals surface area contributed by atoms with Crippen molar-refractivity contribution in [3.05, 3.63) is 61.1 Å². The molecule has 1 aliphatic carbocycles. The number of aliphatic hydroxyl groups excluding tert-OH is 1. The van der Waals surface area contributed by atoms with Gasteiger partial charge in [0, 0.05) is 29.9 Å². The van der Waals surface area contributed by atoms with Gasteiger partial charge in [-0.15, -0.1) is 0 Å². The highest BCUT2D eigenvalue weighted by molar-refractivity contribution is 5.92. The molecule has 0 bridgehead atoms. The van der Waals surface area contributed by atoms with Gasteiger partial charge in [-0.3, -0.25) is 4.98 Å². The summed E-state index contributed by atoms with van der Waals surface area (Å²) in [5, 5.41) is 15.3. The smallest absolute Gasteiger partial charge is 0.157 e. The van der Waals surface area contributed by atoms with Crippen LogP contribution in [0.3, 0.4) is 0 Å². The van der Waals surface area contributed by atoms with Crippen molar-refractivity contribution in [2.24, 2.45) is 0 Å². The molecule has 3 aromatic heterocycles. The topological polar surface area (TPSA) is 66.5 Å². The van der Waals surface area contributed by atoms with E-state index in [-0.39, 0.29) is 12.1 Å². The van der Waals surface area contributed by atoms with E-state index >= 15 is 0 Å². The molecule has 0 spiro atoms. The molecule has 1 saturated carbocycles. The van der Waals surface area contributed by atoms with Crippen LogP contribution in [0.5, 0.6) is 0 Å². The summed E-state index contributed by atoms with van der Waals surface area (Å²) in [7, 11) is 0. The van der Waals surface area contributed by atoms with Gasteiger partial charge in [-0.1, -0.05) is 18.2 Å². The molecule has 136 valence electrons. The van der Waals surface area contributed by atoms with Gasteiger partial charge >= 0.3 is 0 Å². The predicted molar refractivity (Wildman–Crippen MR) is 105 cm³/mol. The summed E-state index contributed by atoms with van der Waals surface area (Å²) in [4.78, 5) is 11.8. The zero-order valence-corrected chi connectivity index (χ0v) is 14.9. The van der Waals surface area contributed by atoms with Crippen molar-refractivity contribution >= 4 is 28.1 Å². The lowest BCUT2D eigenvalue weighted by atomic mass is 9.91. The standard InChI is InChI=1S/C21H21N5O/c27-17-8-6-16(7-9-17)26(20-11-14-25-19(24-20)10-13-23-25)18-5-1-3-15-4-2-12-22-21(15)18/h1-5,10-14,16-17,27H,6-9H2. The number of hydrogen-bond donors (Lipinski definition) is 1. The van der Waals surface area contributed by atoms with Crippen molar-refractivity contribution in [1.82, 2.24) is 19.6 Å². The summed E-state index contributed by atoms with van der Waals surface area (Å²) in [6, 6.07) is 14.5. The lowest BCUT2D eigenvalue weighted by molar-refractivity contribution is 0.123. The number of anilines is 2. The number of rotatable bonds is 3. The van der Waals surface area contributed by atoms with Crippen LogP contribution >= 0.6 is 0 Å². The lowest BCUT2D eigenvalue weighted by Crippen LogP contribution is -2.36. The maximum atomic E-state index is 9.98. The molecular weight excluding hydrogens is 338 g/mol. The minimum Gasteiger partial charge on any atom is -0.393 e. The van der Waals surface area contributed by atoms with Crippen molar-refractivity contribution in [1.29, 1.82) is 0 Å². The minimum atomic E-state index is -0.195. The third-order valence-corrected chi connectivity index (χ3v) is 5.39. The van der Waals surface area contributed by atoms with E-state index in [9.17, 15) is 5.11 Å². The molecule has 6 heteroatoms. The highest BCUT2D eigenvalue weighted by atomic mass is 16.3. The van der Waals surface area contributed by atoms with Crippen LogP contribution in [-0.2, 0) is 0 Å². The van der Waals surface area contributed by atoms with Crippen LogP contribution in [0.4, 0.5) is 11.5 Å². The Hall–Kier alpha value is -2.99. The van der Waals surface area contributed by atoms with Crippen LogP contribution < -0.4 is 4.90 Å². The van der Waals surface area contributed by atoms with Gasteiger partial charge in [0.05, 0.1) is 23.5 Å². The second-order valence-corrected chi connectivity index (χ2v) is 7.10. The molecule has 0 aliphatic heterocycles. The molecule has 0 radical (unpaired) electrons. The number of aromatic nitrogens is 4. The second kappa shape index (κ2) is 6.63. The van der Waals surface area contributed by atoms with Gasteiger partial charge in [0.1, 0.15) is 5.82 Å². The van der Waals surface area contributed by atoms with E-state index < -0.39 is 0 Å². The van der Waals surface area contributed by atoms with Gasteiger partial charge in [-0.25, -0.2) is 9.50 Å². The van der Waals surface area contributed by atoms with E-state index in [1.165, 1.54) is 0 Å². The molecule has 4 aromatic rings. The fraction of sp³-hybridized carbons (Fsp3) is 0.286. The molecular formula is C21H21N5O. The van der Waals surface area contributed by atoms with E-state index in [0.717, 1.165) is 53.7 Å². The van der Waals surface area contributed by atoms with E-state index in [0.29, 0.717) is 0 Å². The number of hydrogen-bond acceptors (Lipinski definition) is 5. The zero-order chi connectivity index (χ0) is 18.2. The fourth-order valence-electron chi connectivity index (χ4n) is 4.04. The average Bonchev–Trinajstić information content (AvgIpc) is 3.18. The maximum Gasteiger partial charge on any atom is 0.157 e. The maximum absolute atomic E-state index is 9.98. The summed E-state index contributed by atoms with van der Waals surface area (Å²) >= 11 is 0. The monoisotopic (exact) mass is 359 g/mol. The summed E-state index contributed by atoms with van der Waals surface area (Å²) in [6.45, 7) is 0. The Bertz CT molecular complexity index is 1080. The summed E-state index contributed by atoms with van der Waals surface area (Å²) in [5.74, 6) is 0.891.